The van der Waals surface area contributed by atoms with Crippen LogP contribution >= 0.6 is 0 Å². The molecule has 0 saturated carbocycles. The fraction of sp³-hybridized carbons (Fsp3) is 0.444. The lowest BCUT2D eigenvalue weighted by Crippen LogP contribution is -2.60. The molecule has 44 heavy (non-hydrogen) atoms. The largest absolute Gasteiger partial charge is 0.507 e. The van der Waals surface area contributed by atoms with Crippen LogP contribution in [0, 0.1) is 0 Å². The first-order valence-electron chi connectivity index (χ1n) is 13.2. The Hall–Kier alpha value is -3.75. The molecule has 0 amide bonds. The van der Waals surface area contributed by atoms with Gasteiger partial charge in [-0.1, -0.05) is 0 Å². The van der Waals surface area contributed by atoms with E-state index >= 15 is 0 Å². The van der Waals surface area contributed by atoms with E-state index in [-0.39, 0.29) is 16.9 Å². The summed E-state index contributed by atoms with van der Waals surface area (Å²) in [5.74, 6) is -3.35. The molecule has 1 aromatic heterocycles. The number of aliphatic hydroxyl groups excluding tert-OH is 8. The predicted octanol–water partition coefficient (Wildman–Crippen LogP) is -3.07. The summed E-state index contributed by atoms with van der Waals surface area (Å²) >= 11 is 0. The maximum Gasteiger partial charge on any atom is 0.239 e. The highest BCUT2D eigenvalue weighted by atomic mass is 16.7. The van der Waals surface area contributed by atoms with Crippen molar-refractivity contribution in [3.05, 3.63) is 40.6 Å². The first-order chi connectivity index (χ1) is 20.9. The van der Waals surface area contributed by atoms with E-state index in [4.69, 9.17) is 23.4 Å². The van der Waals surface area contributed by atoms with Crippen LogP contribution in [0.5, 0.6) is 28.7 Å². The van der Waals surface area contributed by atoms with Gasteiger partial charge < -0.3 is 79.5 Å². The summed E-state index contributed by atoms with van der Waals surface area (Å²) in [4.78, 5) is 13.7. The van der Waals surface area contributed by atoms with Crippen LogP contribution in [0.4, 0.5) is 0 Å². The number of aromatic hydroxyl groups is 3. The van der Waals surface area contributed by atoms with E-state index in [1.165, 1.54) is 6.07 Å². The summed E-state index contributed by atoms with van der Waals surface area (Å²) in [7, 11) is 0. The van der Waals surface area contributed by atoms with Crippen molar-refractivity contribution in [2.45, 2.75) is 61.4 Å². The zero-order valence-corrected chi connectivity index (χ0v) is 22.4. The summed E-state index contributed by atoms with van der Waals surface area (Å²) < 4.78 is 27.6. The molecular weight excluding hydrogens is 596 g/mol. The number of rotatable bonds is 7. The number of hydrogen-bond acceptors (Lipinski definition) is 17. The SMILES string of the molecule is O=c1c(OC2O[C@H](CO)[C@H](O)[C@H](O)[C@H]2O)c(-c2ccc(O)c(O)c2)oc2cc(OC3O[C@H](CO)[C@@H](O)[C@H](O)[C@H]3O)cc(O)c12. The molecule has 0 radical (unpaired) electrons. The molecule has 10 atom stereocenters. The Bertz CT molecular complexity index is 1550. The number of aliphatic hydroxyl groups is 8. The average molecular weight is 627 g/mol. The van der Waals surface area contributed by atoms with Crippen molar-refractivity contribution >= 4 is 11.0 Å². The quantitative estimate of drug-likeness (QED) is 0.116. The van der Waals surface area contributed by atoms with E-state index < -0.39 is 114 Å². The topological polar surface area (TPSA) is 290 Å². The van der Waals surface area contributed by atoms with Crippen molar-refractivity contribution in [1.82, 2.24) is 0 Å². The van der Waals surface area contributed by atoms with Crippen LogP contribution in [0.15, 0.2) is 39.5 Å². The Labute approximate surface area is 246 Å². The molecule has 240 valence electrons. The van der Waals surface area contributed by atoms with Crippen LogP contribution in [0.1, 0.15) is 0 Å². The normalized spacial score (nSPS) is 32.5. The fourth-order valence-electron chi connectivity index (χ4n) is 4.87. The molecule has 0 aliphatic carbocycles. The van der Waals surface area contributed by atoms with E-state index in [9.17, 15) is 61.0 Å². The predicted molar refractivity (Wildman–Crippen MR) is 142 cm³/mol. The molecule has 2 aliphatic rings. The third-order valence-electron chi connectivity index (χ3n) is 7.33. The number of ether oxygens (including phenoxy) is 4. The molecule has 2 saturated heterocycles. The average Bonchev–Trinajstić information content (AvgIpc) is 2.99. The molecule has 2 fully saturated rings. The van der Waals surface area contributed by atoms with Gasteiger partial charge in [-0.15, -0.1) is 0 Å². The Morgan fingerprint density at radius 2 is 1.23 bits per heavy atom. The maximum absolute atomic E-state index is 13.7. The molecule has 2 unspecified atom stereocenters. The van der Waals surface area contributed by atoms with Gasteiger partial charge in [0.15, 0.2) is 17.3 Å². The smallest absolute Gasteiger partial charge is 0.239 e. The maximum atomic E-state index is 13.7. The van der Waals surface area contributed by atoms with Gasteiger partial charge in [-0.25, -0.2) is 0 Å². The zero-order chi connectivity index (χ0) is 32.0. The van der Waals surface area contributed by atoms with Gasteiger partial charge in [-0.2, -0.15) is 0 Å². The second-order valence-electron chi connectivity index (χ2n) is 10.2. The molecule has 17 heteroatoms. The lowest BCUT2D eigenvalue weighted by Gasteiger charge is -2.39. The lowest BCUT2D eigenvalue weighted by atomic mass is 9.99. The molecule has 0 bridgehead atoms. The summed E-state index contributed by atoms with van der Waals surface area (Å²) in [5.41, 5.74) is -1.50. The molecular formula is C27H30O17. The third kappa shape index (κ3) is 5.61. The van der Waals surface area contributed by atoms with E-state index in [1.54, 1.807) is 0 Å². The minimum absolute atomic E-state index is 0.0707. The minimum atomic E-state index is -1.94. The standard InChI is InChI=1S/C27H30O17/c28-6-14-17(33)20(36)22(38)26(42-14)40-9-4-12(32)16-13(5-9)41-24(8-1-2-10(30)11(31)3-8)25(19(16)35)44-27-23(39)21(37)18(34)15(7-29)43-27/h1-5,14-15,17-18,20-23,26-34,36-39H,6-7H2/t14-,15-,17-,18+,20+,21+,22-,23-,26?,27?/m1/s1. The van der Waals surface area contributed by atoms with Crippen molar-refractivity contribution in [3.63, 3.8) is 0 Å². The van der Waals surface area contributed by atoms with Crippen LogP contribution in [-0.2, 0) is 9.47 Å². The summed E-state index contributed by atoms with van der Waals surface area (Å²) in [6.07, 6.45) is -17.0. The first kappa shape index (κ1) is 31.7. The van der Waals surface area contributed by atoms with E-state index in [1.807, 2.05) is 0 Å². The van der Waals surface area contributed by atoms with Gasteiger partial charge in [0.05, 0.1) is 13.2 Å². The lowest BCUT2D eigenvalue weighted by molar-refractivity contribution is -0.277. The van der Waals surface area contributed by atoms with E-state index in [2.05, 4.69) is 0 Å². The number of phenolic OH excluding ortho intramolecular Hbond substituents is 3. The summed E-state index contributed by atoms with van der Waals surface area (Å²) in [6.45, 7) is -1.53. The number of phenols is 3. The van der Waals surface area contributed by atoms with E-state index in [0.717, 1.165) is 24.3 Å². The molecule has 11 N–H and O–H groups in total. The minimum Gasteiger partial charge on any atom is -0.507 e. The van der Waals surface area contributed by atoms with Gasteiger partial charge in [-0.3, -0.25) is 4.79 Å². The number of hydrogen-bond donors (Lipinski definition) is 11. The second kappa shape index (κ2) is 12.3. The fourth-order valence-corrected chi connectivity index (χ4v) is 4.87. The number of fused-ring (bicyclic) bond motifs is 1. The van der Waals surface area contributed by atoms with Crippen LogP contribution in [-0.4, -0.2) is 131 Å². The highest BCUT2D eigenvalue weighted by Crippen LogP contribution is 2.40. The van der Waals surface area contributed by atoms with Crippen LogP contribution in [0.3, 0.4) is 0 Å². The Balaban J connectivity index is 1.60. The van der Waals surface area contributed by atoms with Crippen molar-refractivity contribution in [1.29, 1.82) is 0 Å². The van der Waals surface area contributed by atoms with Crippen molar-refractivity contribution in [2.75, 3.05) is 13.2 Å². The van der Waals surface area contributed by atoms with Crippen LogP contribution < -0.4 is 14.9 Å². The Morgan fingerprint density at radius 1 is 0.659 bits per heavy atom. The third-order valence-corrected chi connectivity index (χ3v) is 7.33. The zero-order valence-electron chi connectivity index (χ0n) is 22.4. The Kier molecular flexibility index (Phi) is 8.87. The monoisotopic (exact) mass is 626 g/mol. The van der Waals surface area contributed by atoms with Crippen molar-refractivity contribution in [2.24, 2.45) is 0 Å². The van der Waals surface area contributed by atoms with Gasteiger partial charge in [0, 0.05) is 17.7 Å². The Morgan fingerprint density at radius 3 is 1.77 bits per heavy atom. The molecule has 17 nitrogen and oxygen atoms in total. The molecule has 2 aromatic carbocycles. The van der Waals surface area contributed by atoms with Crippen LogP contribution in [0.2, 0.25) is 0 Å². The second-order valence-corrected chi connectivity index (χ2v) is 10.2. The molecule has 0 spiro atoms. The van der Waals surface area contributed by atoms with Crippen molar-refractivity contribution in [3.8, 4) is 40.1 Å². The van der Waals surface area contributed by atoms with Gasteiger partial charge >= 0.3 is 0 Å². The van der Waals surface area contributed by atoms with Gasteiger partial charge in [0.25, 0.3) is 0 Å². The van der Waals surface area contributed by atoms with Gasteiger partial charge in [0.2, 0.25) is 23.8 Å². The summed E-state index contributed by atoms with van der Waals surface area (Å²) in [5, 5.41) is 110. The van der Waals surface area contributed by atoms with Crippen molar-refractivity contribution < 1.29 is 79.5 Å². The van der Waals surface area contributed by atoms with Crippen LogP contribution in [0.25, 0.3) is 22.3 Å². The van der Waals surface area contributed by atoms with Gasteiger partial charge in [0.1, 0.15) is 71.3 Å². The van der Waals surface area contributed by atoms with Gasteiger partial charge in [-0.05, 0) is 18.2 Å². The highest BCUT2D eigenvalue weighted by molar-refractivity contribution is 5.88. The molecule has 3 aromatic rings. The highest BCUT2D eigenvalue weighted by Gasteiger charge is 2.46. The molecule has 2 aliphatic heterocycles. The van der Waals surface area contributed by atoms with E-state index in [0.29, 0.717) is 0 Å². The summed E-state index contributed by atoms with van der Waals surface area (Å²) in [6, 6.07) is 5.27. The first-order valence-corrected chi connectivity index (χ1v) is 13.2. The molecule has 3 heterocycles. The molecule has 5 rings (SSSR count). The number of benzene rings is 2.